The molecule has 0 bridgehead atoms. The maximum absolute atomic E-state index is 12.4. The second-order valence-corrected chi connectivity index (χ2v) is 5.29. The fraction of sp³-hybridized carbons (Fsp3) is 0.846. The molecule has 5 nitrogen and oxygen atoms in total. The van der Waals surface area contributed by atoms with Gasteiger partial charge >= 0.3 is 12.0 Å². The van der Waals surface area contributed by atoms with Crippen molar-refractivity contribution in [3.8, 4) is 0 Å². The van der Waals surface area contributed by atoms with E-state index < -0.39 is 5.97 Å². The molecule has 1 atom stereocenters. The molecule has 106 valence electrons. The van der Waals surface area contributed by atoms with Crippen molar-refractivity contribution in [1.82, 2.24) is 9.80 Å². The zero-order valence-electron chi connectivity index (χ0n) is 12.4. The summed E-state index contributed by atoms with van der Waals surface area (Å²) in [6, 6.07) is -0.303. The van der Waals surface area contributed by atoms with Gasteiger partial charge in [-0.15, -0.1) is 0 Å². The number of hydrogen-bond acceptors (Lipinski definition) is 2. The van der Waals surface area contributed by atoms with Crippen LogP contribution in [0.2, 0.25) is 0 Å². The van der Waals surface area contributed by atoms with Gasteiger partial charge < -0.3 is 14.9 Å². The summed E-state index contributed by atoms with van der Waals surface area (Å²) in [5, 5.41) is 8.91. The van der Waals surface area contributed by atoms with Gasteiger partial charge in [-0.2, -0.15) is 0 Å². The molecule has 0 radical (unpaired) electrons. The Morgan fingerprint density at radius 1 is 1.28 bits per heavy atom. The first-order valence-electron chi connectivity index (χ1n) is 6.43. The van der Waals surface area contributed by atoms with Gasteiger partial charge in [0.1, 0.15) is 6.54 Å². The second-order valence-electron chi connectivity index (χ2n) is 5.29. The number of hydrogen-bond donors (Lipinski definition) is 1. The molecule has 18 heavy (non-hydrogen) atoms. The predicted molar refractivity (Wildman–Crippen MR) is 71.6 cm³/mol. The topological polar surface area (TPSA) is 60.9 Å². The molecule has 0 aliphatic rings. The van der Waals surface area contributed by atoms with Crippen LogP contribution in [0.1, 0.15) is 47.5 Å². The average molecular weight is 258 g/mol. The number of nitrogens with zero attached hydrogens (tertiary/aromatic N) is 2. The maximum Gasteiger partial charge on any atom is 0.323 e. The first-order chi connectivity index (χ1) is 8.17. The van der Waals surface area contributed by atoms with Crippen molar-refractivity contribution in [3.05, 3.63) is 0 Å². The number of aliphatic carboxylic acids is 1. The Morgan fingerprint density at radius 3 is 2.11 bits per heavy atom. The largest absolute Gasteiger partial charge is 0.480 e. The highest BCUT2D eigenvalue weighted by molar-refractivity contribution is 5.80. The summed E-state index contributed by atoms with van der Waals surface area (Å²) in [5.41, 5.74) is -0.276. The molecule has 0 aliphatic heterocycles. The van der Waals surface area contributed by atoms with E-state index in [1.165, 1.54) is 4.90 Å². The molecule has 0 heterocycles. The maximum atomic E-state index is 12.4. The molecule has 0 aliphatic carbocycles. The number of rotatable bonds is 6. The number of urea groups is 1. The van der Waals surface area contributed by atoms with Crippen molar-refractivity contribution < 1.29 is 14.7 Å². The molecule has 1 unspecified atom stereocenters. The molecular weight excluding hydrogens is 232 g/mol. The van der Waals surface area contributed by atoms with Crippen molar-refractivity contribution in [3.63, 3.8) is 0 Å². The fourth-order valence-electron chi connectivity index (χ4n) is 1.47. The van der Waals surface area contributed by atoms with Crippen LogP contribution in [0.5, 0.6) is 0 Å². The Hall–Kier alpha value is -1.26. The minimum Gasteiger partial charge on any atom is -0.480 e. The van der Waals surface area contributed by atoms with Crippen LogP contribution in [0.3, 0.4) is 0 Å². The standard InChI is InChI=1S/C13H26N2O3/c1-7-10(3)15(9-11(16)17)12(18)14(6)13(4,5)8-2/h10H,7-9H2,1-6H3,(H,16,17). The number of carbonyl (C=O) groups is 2. The molecule has 2 amide bonds. The second kappa shape index (κ2) is 6.61. The van der Waals surface area contributed by atoms with Gasteiger partial charge in [0, 0.05) is 18.6 Å². The molecular formula is C13H26N2O3. The summed E-state index contributed by atoms with van der Waals surface area (Å²) in [6.45, 7) is 9.51. The molecule has 0 spiro atoms. The van der Waals surface area contributed by atoms with E-state index in [2.05, 4.69) is 0 Å². The smallest absolute Gasteiger partial charge is 0.323 e. The lowest BCUT2D eigenvalue weighted by atomic mass is 10.0. The van der Waals surface area contributed by atoms with Crippen LogP contribution in [-0.2, 0) is 4.79 Å². The highest BCUT2D eigenvalue weighted by Crippen LogP contribution is 2.19. The number of carboxylic acids is 1. The highest BCUT2D eigenvalue weighted by atomic mass is 16.4. The van der Waals surface area contributed by atoms with Gasteiger partial charge in [-0.3, -0.25) is 4.79 Å². The normalized spacial score (nSPS) is 13.0. The van der Waals surface area contributed by atoms with Crippen molar-refractivity contribution >= 4 is 12.0 Å². The van der Waals surface area contributed by atoms with Crippen molar-refractivity contribution in [2.75, 3.05) is 13.6 Å². The fourth-order valence-corrected chi connectivity index (χ4v) is 1.47. The van der Waals surface area contributed by atoms with Crippen LogP contribution in [0.25, 0.3) is 0 Å². The Kier molecular flexibility index (Phi) is 6.15. The average Bonchev–Trinajstić information content (AvgIpc) is 2.32. The monoisotopic (exact) mass is 258 g/mol. The van der Waals surface area contributed by atoms with Crippen LogP contribution in [0.4, 0.5) is 4.79 Å². The van der Waals surface area contributed by atoms with Crippen LogP contribution < -0.4 is 0 Å². The molecule has 0 saturated carbocycles. The summed E-state index contributed by atoms with van der Waals surface area (Å²) in [4.78, 5) is 26.3. The molecule has 0 aromatic rings. The minimum atomic E-state index is -0.980. The molecule has 0 aromatic heterocycles. The van der Waals surface area contributed by atoms with E-state index in [1.807, 2.05) is 34.6 Å². The summed E-state index contributed by atoms with van der Waals surface area (Å²) in [5.74, 6) is -0.980. The first-order valence-corrected chi connectivity index (χ1v) is 6.43. The number of amides is 2. The van der Waals surface area contributed by atoms with Gasteiger partial charge in [0.15, 0.2) is 0 Å². The van der Waals surface area contributed by atoms with Crippen molar-refractivity contribution in [1.29, 1.82) is 0 Å². The van der Waals surface area contributed by atoms with Crippen LogP contribution >= 0.6 is 0 Å². The van der Waals surface area contributed by atoms with Crippen molar-refractivity contribution in [2.24, 2.45) is 0 Å². The lowest BCUT2D eigenvalue weighted by Crippen LogP contribution is -2.54. The SMILES string of the molecule is CCC(C)N(CC(=O)O)C(=O)N(C)C(C)(C)CC. The van der Waals surface area contributed by atoms with Crippen molar-refractivity contribution in [2.45, 2.75) is 59.0 Å². The Bertz CT molecular complexity index is 303. The van der Waals surface area contributed by atoms with Gasteiger partial charge in [-0.25, -0.2) is 4.79 Å². The van der Waals surface area contributed by atoms with E-state index in [-0.39, 0.29) is 24.2 Å². The Labute approximate surface area is 110 Å². The van der Waals surface area contributed by atoms with E-state index >= 15 is 0 Å². The van der Waals surface area contributed by atoms with E-state index in [1.54, 1.807) is 11.9 Å². The van der Waals surface area contributed by atoms with Crippen LogP contribution in [-0.4, -0.2) is 52.1 Å². The highest BCUT2D eigenvalue weighted by Gasteiger charge is 2.31. The lowest BCUT2D eigenvalue weighted by Gasteiger charge is -2.39. The number of carbonyl (C=O) groups excluding carboxylic acids is 1. The lowest BCUT2D eigenvalue weighted by molar-refractivity contribution is -0.138. The van der Waals surface area contributed by atoms with Gasteiger partial charge in [0.05, 0.1) is 0 Å². The van der Waals surface area contributed by atoms with E-state index in [0.717, 1.165) is 12.8 Å². The zero-order chi connectivity index (χ0) is 14.5. The molecule has 0 rings (SSSR count). The summed E-state index contributed by atoms with van der Waals surface area (Å²) < 4.78 is 0. The first kappa shape index (κ1) is 16.7. The molecule has 0 saturated heterocycles. The predicted octanol–water partition coefficient (Wildman–Crippen LogP) is 2.41. The van der Waals surface area contributed by atoms with Gasteiger partial charge in [0.25, 0.3) is 0 Å². The summed E-state index contributed by atoms with van der Waals surface area (Å²) in [6.07, 6.45) is 1.55. The summed E-state index contributed by atoms with van der Waals surface area (Å²) >= 11 is 0. The molecule has 5 heteroatoms. The van der Waals surface area contributed by atoms with Crippen LogP contribution in [0.15, 0.2) is 0 Å². The summed E-state index contributed by atoms with van der Waals surface area (Å²) in [7, 11) is 1.73. The van der Waals surface area contributed by atoms with E-state index in [9.17, 15) is 9.59 Å². The Morgan fingerprint density at radius 2 is 1.78 bits per heavy atom. The van der Waals surface area contributed by atoms with E-state index in [4.69, 9.17) is 5.11 Å². The third-order valence-corrected chi connectivity index (χ3v) is 3.73. The number of carboxylic acid groups (broad SMARTS) is 1. The Balaban J connectivity index is 5.01. The van der Waals surface area contributed by atoms with Gasteiger partial charge in [0.2, 0.25) is 0 Å². The van der Waals surface area contributed by atoms with Gasteiger partial charge in [-0.1, -0.05) is 13.8 Å². The van der Waals surface area contributed by atoms with E-state index in [0.29, 0.717) is 0 Å². The third-order valence-electron chi connectivity index (χ3n) is 3.73. The third kappa shape index (κ3) is 4.20. The van der Waals surface area contributed by atoms with Gasteiger partial charge in [-0.05, 0) is 33.6 Å². The minimum absolute atomic E-state index is 0.0799. The quantitative estimate of drug-likeness (QED) is 0.796. The molecule has 0 aromatic carbocycles. The zero-order valence-corrected chi connectivity index (χ0v) is 12.4. The molecule has 0 fully saturated rings. The molecule has 1 N–H and O–H groups in total. The van der Waals surface area contributed by atoms with Crippen LogP contribution in [0, 0.1) is 0 Å².